The molecule has 2 atom stereocenters. The Balaban J connectivity index is 1.42. The molecule has 7 nitrogen and oxygen atoms in total. The maximum atomic E-state index is 13.1. The van der Waals surface area contributed by atoms with Gasteiger partial charge >= 0.3 is 0 Å². The first-order valence-electron chi connectivity index (χ1n) is 11.6. The monoisotopic (exact) mass is 462 g/mol. The molecule has 2 unspecified atom stereocenters. The number of amides is 1. The number of piperazine rings is 1. The van der Waals surface area contributed by atoms with Gasteiger partial charge in [-0.2, -0.15) is 5.26 Å². The van der Waals surface area contributed by atoms with Gasteiger partial charge in [0.25, 0.3) is 0 Å². The van der Waals surface area contributed by atoms with Crippen molar-refractivity contribution in [2.24, 2.45) is 0 Å². The number of carbonyl (C=O) groups excluding carboxylic acids is 1. The normalized spacial score (nSPS) is 25.9. The Hall–Kier alpha value is -2.79. The van der Waals surface area contributed by atoms with Crippen molar-refractivity contribution in [1.29, 1.82) is 5.26 Å². The molecule has 0 saturated carbocycles. The lowest BCUT2D eigenvalue weighted by atomic mass is 9.87. The Bertz CT molecular complexity index is 1120. The van der Waals surface area contributed by atoms with Crippen molar-refractivity contribution >= 4 is 35.0 Å². The van der Waals surface area contributed by atoms with Crippen molar-refractivity contribution in [2.75, 3.05) is 41.7 Å². The number of nitriles is 1. The van der Waals surface area contributed by atoms with E-state index in [1.54, 1.807) is 18.1 Å². The molecule has 3 aliphatic heterocycles. The van der Waals surface area contributed by atoms with E-state index in [4.69, 9.17) is 10.2 Å². The summed E-state index contributed by atoms with van der Waals surface area (Å²) in [6, 6.07) is 9.98. The van der Waals surface area contributed by atoms with Crippen LogP contribution in [0.15, 0.2) is 30.6 Å². The molecule has 172 valence electrons. The fraction of sp³-hybridized carbons (Fsp3) is 0.520. The van der Waals surface area contributed by atoms with E-state index in [2.05, 4.69) is 53.4 Å². The minimum atomic E-state index is -0.240. The molecule has 0 spiro atoms. The molecule has 33 heavy (non-hydrogen) atoms. The number of anilines is 3. The van der Waals surface area contributed by atoms with Crippen LogP contribution >= 0.6 is 11.8 Å². The average molecular weight is 463 g/mol. The van der Waals surface area contributed by atoms with Crippen molar-refractivity contribution in [2.45, 2.75) is 50.3 Å². The number of nitrogens with zero attached hydrogens (tertiary/aromatic N) is 6. The minimum absolute atomic E-state index is 0.133. The number of benzene rings is 1. The van der Waals surface area contributed by atoms with Gasteiger partial charge in [-0.1, -0.05) is 13.8 Å². The summed E-state index contributed by atoms with van der Waals surface area (Å²) >= 11 is 1.78. The summed E-state index contributed by atoms with van der Waals surface area (Å²) in [7, 11) is 0. The SMILES string of the molecule is CC1CN(c2ncnc3c2C(C)(C)CN3c2ccc(C#N)cc2)CCN1C(=O)C1(C)CCS1. The second-order valence-electron chi connectivity index (χ2n) is 10.1. The zero-order chi connectivity index (χ0) is 23.4. The van der Waals surface area contributed by atoms with Gasteiger partial charge in [-0.15, -0.1) is 11.8 Å². The van der Waals surface area contributed by atoms with Crippen LogP contribution in [-0.2, 0) is 10.2 Å². The standard InChI is InChI=1S/C25H30N6OS/c1-17-14-29(10-11-30(17)23(32)25(4)9-12-33-25)21-20-22(28-16-27-21)31(15-24(20,2)3)19-7-5-18(13-26)6-8-19/h5-8,16-17H,9-12,14-15H2,1-4H3. The summed E-state index contributed by atoms with van der Waals surface area (Å²) in [6.45, 7) is 11.8. The zero-order valence-electron chi connectivity index (χ0n) is 19.7. The zero-order valence-corrected chi connectivity index (χ0v) is 20.5. The summed E-state index contributed by atoms with van der Waals surface area (Å²) in [5, 5.41) is 9.14. The van der Waals surface area contributed by atoms with Crippen molar-refractivity contribution in [3.05, 3.63) is 41.7 Å². The van der Waals surface area contributed by atoms with Gasteiger partial charge in [0, 0.05) is 48.9 Å². The molecule has 1 aromatic heterocycles. The van der Waals surface area contributed by atoms with E-state index in [0.717, 1.165) is 54.7 Å². The largest absolute Gasteiger partial charge is 0.352 e. The lowest BCUT2D eigenvalue weighted by Gasteiger charge is -2.46. The first-order chi connectivity index (χ1) is 15.7. The van der Waals surface area contributed by atoms with Gasteiger partial charge in [-0.05, 0) is 50.3 Å². The van der Waals surface area contributed by atoms with Crippen LogP contribution in [0.5, 0.6) is 0 Å². The van der Waals surface area contributed by atoms with E-state index in [0.29, 0.717) is 12.1 Å². The summed E-state index contributed by atoms with van der Waals surface area (Å²) < 4.78 is -0.240. The number of carbonyl (C=O) groups is 1. The second kappa shape index (κ2) is 7.91. The molecule has 0 radical (unpaired) electrons. The summed E-state index contributed by atoms with van der Waals surface area (Å²) in [4.78, 5) is 29.2. The van der Waals surface area contributed by atoms with E-state index in [-0.39, 0.29) is 22.1 Å². The van der Waals surface area contributed by atoms with E-state index >= 15 is 0 Å². The molecule has 3 aliphatic rings. The van der Waals surface area contributed by atoms with Gasteiger partial charge < -0.3 is 14.7 Å². The lowest BCUT2D eigenvalue weighted by Crippen LogP contribution is -2.60. The number of rotatable bonds is 3. The molecule has 2 saturated heterocycles. The van der Waals surface area contributed by atoms with Gasteiger partial charge in [0.1, 0.15) is 18.0 Å². The number of fused-ring (bicyclic) bond motifs is 1. The molecular weight excluding hydrogens is 432 g/mol. The predicted molar refractivity (Wildman–Crippen MR) is 132 cm³/mol. The Morgan fingerprint density at radius 3 is 2.45 bits per heavy atom. The fourth-order valence-electron chi connectivity index (χ4n) is 5.23. The Labute approximate surface area is 199 Å². The highest BCUT2D eigenvalue weighted by Gasteiger charge is 2.46. The van der Waals surface area contributed by atoms with Crippen molar-refractivity contribution in [3.8, 4) is 6.07 Å². The van der Waals surface area contributed by atoms with Crippen LogP contribution in [-0.4, -0.2) is 63.5 Å². The molecular formula is C25H30N6OS. The van der Waals surface area contributed by atoms with Gasteiger partial charge in [0.2, 0.25) is 5.91 Å². The van der Waals surface area contributed by atoms with Crippen LogP contribution in [0.25, 0.3) is 0 Å². The molecule has 0 aliphatic carbocycles. The number of hydrogen-bond acceptors (Lipinski definition) is 7. The highest BCUT2D eigenvalue weighted by Crippen LogP contribution is 2.47. The topological polar surface area (TPSA) is 76.4 Å². The maximum absolute atomic E-state index is 13.1. The molecule has 0 bridgehead atoms. The Morgan fingerprint density at radius 1 is 1.15 bits per heavy atom. The van der Waals surface area contributed by atoms with E-state index in [1.165, 1.54) is 0 Å². The summed E-state index contributed by atoms with van der Waals surface area (Å²) in [5.74, 6) is 3.27. The second-order valence-corrected chi connectivity index (χ2v) is 11.7. The van der Waals surface area contributed by atoms with Gasteiger partial charge in [0.15, 0.2) is 0 Å². The van der Waals surface area contributed by atoms with E-state index in [9.17, 15) is 4.79 Å². The van der Waals surface area contributed by atoms with Gasteiger partial charge in [-0.25, -0.2) is 9.97 Å². The molecule has 5 rings (SSSR count). The van der Waals surface area contributed by atoms with Crippen LogP contribution in [0.3, 0.4) is 0 Å². The minimum Gasteiger partial charge on any atom is -0.352 e. The van der Waals surface area contributed by atoms with E-state index in [1.807, 2.05) is 24.3 Å². The molecule has 0 N–H and O–H groups in total. The van der Waals surface area contributed by atoms with Crippen molar-refractivity contribution in [1.82, 2.24) is 14.9 Å². The fourth-order valence-corrected chi connectivity index (χ4v) is 6.29. The van der Waals surface area contributed by atoms with Crippen molar-refractivity contribution in [3.63, 3.8) is 0 Å². The molecule has 4 heterocycles. The number of hydrogen-bond donors (Lipinski definition) is 0. The lowest BCUT2D eigenvalue weighted by molar-refractivity contribution is -0.136. The molecule has 1 aromatic carbocycles. The summed E-state index contributed by atoms with van der Waals surface area (Å²) in [6.07, 6.45) is 2.63. The first kappa shape index (κ1) is 22.0. The summed E-state index contributed by atoms with van der Waals surface area (Å²) in [5.41, 5.74) is 2.70. The average Bonchev–Trinajstić information content (AvgIpc) is 3.08. The third-order valence-electron chi connectivity index (χ3n) is 7.24. The van der Waals surface area contributed by atoms with Crippen LogP contribution in [0.1, 0.15) is 45.2 Å². The molecule has 2 aromatic rings. The van der Waals surface area contributed by atoms with Crippen LogP contribution in [0, 0.1) is 11.3 Å². The van der Waals surface area contributed by atoms with Gasteiger partial charge in [0.05, 0.1) is 16.4 Å². The Morgan fingerprint density at radius 2 is 1.85 bits per heavy atom. The quantitative estimate of drug-likeness (QED) is 0.688. The maximum Gasteiger partial charge on any atom is 0.238 e. The van der Waals surface area contributed by atoms with Crippen LogP contribution < -0.4 is 9.80 Å². The molecule has 1 amide bonds. The number of aromatic nitrogens is 2. The molecule has 8 heteroatoms. The van der Waals surface area contributed by atoms with Crippen LogP contribution in [0.4, 0.5) is 17.3 Å². The Kier molecular flexibility index (Phi) is 5.28. The predicted octanol–water partition coefficient (Wildman–Crippen LogP) is 3.71. The van der Waals surface area contributed by atoms with E-state index < -0.39 is 0 Å². The highest BCUT2D eigenvalue weighted by molar-refractivity contribution is 8.02. The number of thioether (sulfide) groups is 1. The molecule has 2 fully saturated rings. The van der Waals surface area contributed by atoms with Crippen LogP contribution in [0.2, 0.25) is 0 Å². The smallest absolute Gasteiger partial charge is 0.238 e. The third kappa shape index (κ3) is 3.63. The first-order valence-corrected chi connectivity index (χ1v) is 12.6. The van der Waals surface area contributed by atoms with Gasteiger partial charge in [-0.3, -0.25) is 4.79 Å². The third-order valence-corrected chi connectivity index (χ3v) is 8.67. The van der Waals surface area contributed by atoms with Crippen molar-refractivity contribution < 1.29 is 4.79 Å². The highest BCUT2D eigenvalue weighted by atomic mass is 32.2.